The van der Waals surface area contributed by atoms with Crippen molar-refractivity contribution in [3.63, 3.8) is 0 Å². The third kappa shape index (κ3) is 4.97. The van der Waals surface area contributed by atoms with Gasteiger partial charge in [-0.3, -0.25) is 9.59 Å². The van der Waals surface area contributed by atoms with Crippen LogP contribution in [0, 0.1) is 0 Å². The smallest absolute Gasteiger partial charge is 0.259 e. The lowest BCUT2D eigenvalue weighted by Crippen LogP contribution is -2.54. The monoisotopic (exact) mass is 504 g/mol. The highest BCUT2D eigenvalue weighted by Gasteiger charge is 2.46. The van der Waals surface area contributed by atoms with Crippen molar-refractivity contribution in [1.82, 2.24) is 14.5 Å². The van der Waals surface area contributed by atoms with Crippen LogP contribution in [-0.2, 0) is 14.8 Å². The standard InChI is InChI=1S/C19H19Cl3N4O4S/c20-13-3-1-12(2-4-13)19(28)25-9-10-26(18(25)17(27)24-8-7-23)31(29,30)14-5-6-15(21)16(22)11-14/h1-6,11,18H,7-10,23H2,(H,24,27). The molecule has 1 atom stereocenters. The molecule has 2 aromatic carbocycles. The molecule has 2 aromatic rings. The number of nitrogens with two attached hydrogens (primary N) is 1. The van der Waals surface area contributed by atoms with Crippen LogP contribution >= 0.6 is 34.8 Å². The Morgan fingerprint density at radius 2 is 1.71 bits per heavy atom. The average molecular weight is 506 g/mol. The van der Waals surface area contributed by atoms with Crippen LogP contribution < -0.4 is 11.1 Å². The number of nitrogens with zero attached hydrogens (tertiary/aromatic N) is 2. The van der Waals surface area contributed by atoms with E-state index in [0.29, 0.717) is 5.02 Å². The van der Waals surface area contributed by atoms with Crippen LogP contribution in [0.15, 0.2) is 47.4 Å². The van der Waals surface area contributed by atoms with Gasteiger partial charge in [-0.05, 0) is 42.5 Å². The summed E-state index contributed by atoms with van der Waals surface area (Å²) in [7, 11) is -4.17. The SMILES string of the molecule is NCCNC(=O)C1N(C(=O)c2ccc(Cl)cc2)CCN1S(=O)(=O)c1ccc(Cl)c(Cl)c1. The summed E-state index contributed by atoms with van der Waals surface area (Å²) in [5.41, 5.74) is 5.72. The first kappa shape index (κ1) is 23.8. The fourth-order valence-corrected chi connectivity index (χ4v) is 5.22. The Bertz CT molecular complexity index is 1100. The van der Waals surface area contributed by atoms with Gasteiger partial charge in [-0.2, -0.15) is 4.31 Å². The van der Waals surface area contributed by atoms with Crippen LogP contribution in [-0.4, -0.2) is 61.8 Å². The summed E-state index contributed by atoms with van der Waals surface area (Å²) >= 11 is 17.8. The largest absolute Gasteiger partial charge is 0.352 e. The first-order valence-corrected chi connectivity index (χ1v) is 11.8. The molecule has 1 aliphatic rings. The van der Waals surface area contributed by atoms with Gasteiger partial charge in [0.25, 0.3) is 11.8 Å². The van der Waals surface area contributed by atoms with E-state index >= 15 is 0 Å². The summed E-state index contributed by atoms with van der Waals surface area (Å²) in [4.78, 5) is 27.0. The summed E-state index contributed by atoms with van der Waals surface area (Å²) < 4.78 is 27.6. The molecule has 3 rings (SSSR count). The van der Waals surface area contributed by atoms with E-state index in [2.05, 4.69) is 5.32 Å². The molecule has 1 saturated heterocycles. The zero-order valence-corrected chi connectivity index (χ0v) is 19.2. The second-order valence-electron chi connectivity index (χ2n) is 6.65. The highest BCUT2D eigenvalue weighted by atomic mass is 35.5. The van der Waals surface area contributed by atoms with E-state index in [9.17, 15) is 18.0 Å². The Hall–Kier alpha value is -1.88. The molecule has 31 heavy (non-hydrogen) atoms. The van der Waals surface area contributed by atoms with Crippen molar-refractivity contribution in [3.05, 3.63) is 63.1 Å². The molecule has 0 aliphatic carbocycles. The normalized spacial score (nSPS) is 17.0. The van der Waals surface area contributed by atoms with E-state index in [1.807, 2.05) is 0 Å². The minimum Gasteiger partial charge on any atom is -0.352 e. The highest BCUT2D eigenvalue weighted by molar-refractivity contribution is 7.89. The number of benzene rings is 2. The van der Waals surface area contributed by atoms with Crippen LogP contribution in [0.3, 0.4) is 0 Å². The van der Waals surface area contributed by atoms with Gasteiger partial charge in [0.1, 0.15) is 0 Å². The van der Waals surface area contributed by atoms with E-state index in [4.69, 9.17) is 40.5 Å². The lowest BCUT2D eigenvalue weighted by molar-refractivity contribution is -0.127. The number of halogens is 3. The molecule has 166 valence electrons. The van der Waals surface area contributed by atoms with Crippen LogP contribution in [0.1, 0.15) is 10.4 Å². The molecule has 0 bridgehead atoms. The number of nitrogens with one attached hydrogen (secondary N) is 1. The van der Waals surface area contributed by atoms with Gasteiger partial charge in [0, 0.05) is 36.8 Å². The fourth-order valence-electron chi connectivity index (χ4n) is 3.16. The van der Waals surface area contributed by atoms with Crippen LogP contribution in [0.5, 0.6) is 0 Å². The molecule has 2 amide bonds. The molecule has 0 spiro atoms. The third-order valence-electron chi connectivity index (χ3n) is 4.66. The molecule has 1 fully saturated rings. The molecule has 0 radical (unpaired) electrons. The number of sulfonamides is 1. The Kier molecular flexibility index (Phi) is 7.46. The van der Waals surface area contributed by atoms with Gasteiger partial charge in [0.2, 0.25) is 10.0 Å². The van der Waals surface area contributed by atoms with Crippen molar-refractivity contribution >= 4 is 56.6 Å². The minimum atomic E-state index is -4.17. The van der Waals surface area contributed by atoms with Crippen molar-refractivity contribution in [2.24, 2.45) is 5.73 Å². The third-order valence-corrected chi connectivity index (χ3v) is 7.50. The van der Waals surface area contributed by atoms with E-state index < -0.39 is 28.0 Å². The van der Waals surface area contributed by atoms with Crippen molar-refractivity contribution in [2.75, 3.05) is 26.2 Å². The quantitative estimate of drug-likeness (QED) is 0.625. The zero-order valence-electron chi connectivity index (χ0n) is 16.1. The molecule has 1 unspecified atom stereocenters. The van der Waals surface area contributed by atoms with Crippen LogP contribution in [0.2, 0.25) is 15.1 Å². The van der Waals surface area contributed by atoms with Gasteiger partial charge in [-0.25, -0.2) is 8.42 Å². The lowest BCUT2D eigenvalue weighted by Gasteiger charge is -2.28. The summed E-state index contributed by atoms with van der Waals surface area (Å²) in [6.45, 7) is 0.216. The predicted molar refractivity (Wildman–Crippen MR) is 119 cm³/mol. The maximum absolute atomic E-state index is 13.3. The first-order valence-electron chi connectivity index (χ1n) is 9.18. The molecular weight excluding hydrogens is 487 g/mol. The number of hydrogen-bond acceptors (Lipinski definition) is 5. The van der Waals surface area contributed by atoms with Gasteiger partial charge in [-0.15, -0.1) is 0 Å². The molecule has 1 heterocycles. The van der Waals surface area contributed by atoms with Gasteiger partial charge < -0.3 is 16.0 Å². The van der Waals surface area contributed by atoms with Gasteiger partial charge in [0.15, 0.2) is 6.17 Å². The van der Waals surface area contributed by atoms with Crippen LogP contribution in [0.4, 0.5) is 0 Å². The maximum Gasteiger partial charge on any atom is 0.259 e. The summed E-state index contributed by atoms with van der Waals surface area (Å²) in [6, 6.07) is 9.95. The summed E-state index contributed by atoms with van der Waals surface area (Å²) in [5.74, 6) is -1.16. The van der Waals surface area contributed by atoms with E-state index in [0.717, 1.165) is 4.31 Å². The number of rotatable bonds is 6. The number of amides is 2. The van der Waals surface area contributed by atoms with Gasteiger partial charge in [0.05, 0.1) is 14.9 Å². The molecule has 0 saturated carbocycles. The molecule has 8 nitrogen and oxygen atoms in total. The number of hydrogen-bond donors (Lipinski definition) is 2. The van der Waals surface area contributed by atoms with Gasteiger partial charge in [-0.1, -0.05) is 34.8 Å². The lowest BCUT2D eigenvalue weighted by atomic mass is 10.2. The molecule has 1 aliphatic heterocycles. The number of carbonyl (C=O) groups excluding carboxylic acids is 2. The molecule has 3 N–H and O–H groups in total. The molecule has 12 heteroatoms. The topological polar surface area (TPSA) is 113 Å². The predicted octanol–water partition coefficient (Wildman–Crippen LogP) is 2.19. The average Bonchev–Trinajstić information content (AvgIpc) is 3.20. The number of carbonyl (C=O) groups is 2. The minimum absolute atomic E-state index is 0.0166. The Balaban J connectivity index is 1.99. The van der Waals surface area contributed by atoms with Crippen molar-refractivity contribution in [1.29, 1.82) is 0 Å². The Morgan fingerprint density at radius 1 is 1.03 bits per heavy atom. The van der Waals surface area contributed by atoms with Gasteiger partial charge >= 0.3 is 0 Å². The maximum atomic E-state index is 13.3. The Morgan fingerprint density at radius 3 is 2.32 bits per heavy atom. The molecular formula is C19H19Cl3N4O4S. The second kappa shape index (κ2) is 9.72. The van der Waals surface area contributed by atoms with Crippen molar-refractivity contribution in [2.45, 2.75) is 11.1 Å². The molecule has 0 aromatic heterocycles. The van der Waals surface area contributed by atoms with Crippen molar-refractivity contribution in [3.8, 4) is 0 Å². The van der Waals surface area contributed by atoms with E-state index in [-0.39, 0.29) is 46.7 Å². The second-order valence-corrected chi connectivity index (χ2v) is 9.79. The summed E-state index contributed by atoms with van der Waals surface area (Å²) in [5, 5.41) is 3.25. The highest BCUT2D eigenvalue weighted by Crippen LogP contribution is 2.30. The van der Waals surface area contributed by atoms with Crippen LogP contribution in [0.25, 0.3) is 0 Å². The van der Waals surface area contributed by atoms with Crippen molar-refractivity contribution < 1.29 is 18.0 Å². The van der Waals surface area contributed by atoms with E-state index in [1.165, 1.54) is 35.2 Å². The Labute approximate surface area is 194 Å². The zero-order chi connectivity index (χ0) is 22.8. The summed E-state index contributed by atoms with van der Waals surface area (Å²) in [6.07, 6.45) is -1.39. The fraction of sp³-hybridized carbons (Fsp3) is 0.263. The first-order chi connectivity index (χ1) is 14.7. The van der Waals surface area contributed by atoms with E-state index in [1.54, 1.807) is 12.1 Å².